The first-order valence-corrected chi connectivity index (χ1v) is 9.36. The van der Waals surface area contributed by atoms with Crippen molar-refractivity contribution in [3.05, 3.63) is 0 Å². The lowest BCUT2D eigenvalue weighted by molar-refractivity contribution is -0.136. The molecule has 0 aromatic rings. The van der Waals surface area contributed by atoms with Crippen LogP contribution < -0.4 is 10.6 Å². The van der Waals surface area contributed by atoms with E-state index >= 15 is 0 Å². The maximum atomic E-state index is 12.7. The standard InChI is InChI=1S/C18H29N3O3/c1-12-7-6-8-14(13(12)2)19-15(22)11-21-16(23)18(20-17(21)24)9-4-3-5-10-18/h12-14H,3-11H2,1-2H3,(H,19,22)(H,20,24)/t12-,13-,14+/m1/s1. The number of carbonyl (C=O) groups excluding carboxylic acids is 3. The predicted octanol–water partition coefficient (Wildman–Crippen LogP) is 2.18. The van der Waals surface area contributed by atoms with Gasteiger partial charge in [0, 0.05) is 6.04 Å². The van der Waals surface area contributed by atoms with Crippen molar-refractivity contribution in [2.24, 2.45) is 11.8 Å². The van der Waals surface area contributed by atoms with Crippen molar-refractivity contribution < 1.29 is 14.4 Å². The van der Waals surface area contributed by atoms with Crippen LogP contribution in [0.1, 0.15) is 65.2 Å². The molecule has 0 aromatic carbocycles. The summed E-state index contributed by atoms with van der Waals surface area (Å²) in [6.45, 7) is 4.22. The summed E-state index contributed by atoms with van der Waals surface area (Å²) in [5.74, 6) is 0.575. The number of carbonyl (C=O) groups is 3. The van der Waals surface area contributed by atoms with E-state index in [1.165, 1.54) is 6.42 Å². The van der Waals surface area contributed by atoms with Crippen molar-refractivity contribution >= 4 is 17.8 Å². The molecule has 2 saturated carbocycles. The maximum absolute atomic E-state index is 12.7. The Labute approximate surface area is 143 Å². The van der Waals surface area contributed by atoms with Gasteiger partial charge in [-0.3, -0.25) is 14.5 Å². The first kappa shape index (κ1) is 17.2. The van der Waals surface area contributed by atoms with Crippen LogP contribution in [0, 0.1) is 11.8 Å². The largest absolute Gasteiger partial charge is 0.352 e. The number of hydrogen-bond acceptors (Lipinski definition) is 3. The molecule has 1 spiro atoms. The maximum Gasteiger partial charge on any atom is 0.325 e. The van der Waals surface area contributed by atoms with Gasteiger partial charge in [0.2, 0.25) is 5.91 Å². The van der Waals surface area contributed by atoms with E-state index < -0.39 is 11.6 Å². The summed E-state index contributed by atoms with van der Waals surface area (Å²) in [6.07, 6.45) is 7.66. The third kappa shape index (κ3) is 3.15. The van der Waals surface area contributed by atoms with E-state index in [4.69, 9.17) is 0 Å². The Kier molecular flexibility index (Phi) is 4.83. The number of urea groups is 1. The molecule has 6 nitrogen and oxygen atoms in total. The molecule has 24 heavy (non-hydrogen) atoms. The van der Waals surface area contributed by atoms with Crippen LogP contribution in [0.3, 0.4) is 0 Å². The summed E-state index contributed by atoms with van der Waals surface area (Å²) >= 11 is 0. The van der Waals surface area contributed by atoms with Crippen LogP contribution in [-0.2, 0) is 9.59 Å². The zero-order valence-corrected chi connectivity index (χ0v) is 14.8. The van der Waals surface area contributed by atoms with Gasteiger partial charge in [0.25, 0.3) is 5.91 Å². The zero-order chi connectivity index (χ0) is 17.3. The van der Waals surface area contributed by atoms with Gasteiger partial charge in [-0.1, -0.05) is 46.0 Å². The fourth-order valence-electron chi connectivity index (χ4n) is 4.50. The van der Waals surface area contributed by atoms with Crippen LogP contribution >= 0.6 is 0 Å². The van der Waals surface area contributed by atoms with Crippen molar-refractivity contribution in [2.75, 3.05) is 6.54 Å². The second-order valence-corrected chi connectivity index (χ2v) is 7.91. The topological polar surface area (TPSA) is 78.5 Å². The van der Waals surface area contributed by atoms with Crippen LogP contribution in [-0.4, -0.2) is 40.9 Å². The van der Waals surface area contributed by atoms with Crippen LogP contribution in [0.5, 0.6) is 0 Å². The molecule has 3 aliphatic rings. The molecule has 3 atom stereocenters. The highest BCUT2D eigenvalue weighted by atomic mass is 16.2. The normalized spacial score (nSPS) is 32.8. The van der Waals surface area contributed by atoms with Crippen molar-refractivity contribution in [2.45, 2.75) is 76.8 Å². The highest BCUT2D eigenvalue weighted by molar-refractivity contribution is 6.09. The van der Waals surface area contributed by atoms with Gasteiger partial charge >= 0.3 is 6.03 Å². The van der Waals surface area contributed by atoms with Crippen LogP contribution in [0.25, 0.3) is 0 Å². The van der Waals surface area contributed by atoms with Crippen LogP contribution in [0.15, 0.2) is 0 Å². The van der Waals surface area contributed by atoms with Crippen molar-refractivity contribution in [3.63, 3.8) is 0 Å². The van der Waals surface area contributed by atoms with E-state index in [9.17, 15) is 14.4 Å². The molecule has 2 aliphatic carbocycles. The Morgan fingerprint density at radius 1 is 1.17 bits per heavy atom. The first-order valence-electron chi connectivity index (χ1n) is 9.36. The number of imide groups is 1. The minimum Gasteiger partial charge on any atom is -0.352 e. The average molecular weight is 335 g/mol. The van der Waals surface area contributed by atoms with Gasteiger partial charge in [-0.15, -0.1) is 0 Å². The van der Waals surface area contributed by atoms with E-state index in [2.05, 4.69) is 24.5 Å². The molecule has 0 radical (unpaired) electrons. The lowest BCUT2D eigenvalue weighted by atomic mass is 9.78. The minimum atomic E-state index is -0.748. The molecule has 1 heterocycles. The van der Waals surface area contributed by atoms with Crippen molar-refractivity contribution in [1.29, 1.82) is 0 Å². The highest BCUT2D eigenvalue weighted by Crippen LogP contribution is 2.33. The molecule has 1 saturated heterocycles. The first-order chi connectivity index (χ1) is 11.4. The molecular weight excluding hydrogens is 306 g/mol. The lowest BCUT2D eigenvalue weighted by Crippen LogP contribution is -2.50. The summed E-state index contributed by atoms with van der Waals surface area (Å²) in [5.41, 5.74) is -0.748. The van der Waals surface area contributed by atoms with Gasteiger partial charge in [-0.25, -0.2) is 4.79 Å². The molecule has 134 valence electrons. The number of amides is 4. The monoisotopic (exact) mass is 335 g/mol. The van der Waals surface area contributed by atoms with E-state index in [0.717, 1.165) is 37.0 Å². The molecule has 3 fully saturated rings. The highest BCUT2D eigenvalue weighted by Gasteiger charge is 2.51. The third-order valence-electron chi connectivity index (χ3n) is 6.31. The Hall–Kier alpha value is -1.59. The van der Waals surface area contributed by atoms with Crippen LogP contribution in [0.2, 0.25) is 0 Å². The molecular formula is C18H29N3O3. The van der Waals surface area contributed by atoms with Crippen molar-refractivity contribution in [1.82, 2.24) is 15.5 Å². The number of nitrogens with one attached hydrogen (secondary N) is 2. The Morgan fingerprint density at radius 2 is 1.88 bits per heavy atom. The minimum absolute atomic E-state index is 0.144. The number of nitrogens with zero attached hydrogens (tertiary/aromatic N) is 1. The summed E-state index contributed by atoms with van der Waals surface area (Å²) < 4.78 is 0. The van der Waals surface area contributed by atoms with Crippen molar-refractivity contribution in [3.8, 4) is 0 Å². The predicted molar refractivity (Wildman–Crippen MR) is 90.2 cm³/mol. The number of hydrogen-bond donors (Lipinski definition) is 2. The SMILES string of the molecule is C[C@@H]1[C@H](C)CCC[C@@H]1NC(=O)CN1C(=O)NC2(CCCCC2)C1=O. The van der Waals surface area contributed by atoms with Gasteiger partial charge in [0.1, 0.15) is 12.1 Å². The van der Waals surface area contributed by atoms with Gasteiger partial charge in [0.15, 0.2) is 0 Å². The molecule has 1 aliphatic heterocycles. The van der Waals surface area contributed by atoms with E-state index in [1.54, 1.807) is 0 Å². The summed E-state index contributed by atoms with van der Waals surface area (Å²) in [5, 5.41) is 5.90. The quantitative estimate of drug-likeness (QED) is 0.776. The Bertz CT molecular complexity index is 528. The Balaban J connectivity index is 1.60. The smallest absolute Gasteiger partial charge is 0.325 e. The molecule has 0 bridgehead atoms. The van der Waals surface area contributed by atoms with Gasteiger partial charge in [0.05, 0.1) is 0 Å². The van der Waals surface area contributed by atoms with E-state index in [1.807, 2.05) is 0 Å². The summed E-state index contributed by atoms with van der Waals surface area (Å²) in [4.78, 5) is 38.4. The zero-order valence-electron chi connectivity index (χ0n) is 14.8. The lowest BCUT2D eigenvalue weighted by Gasteiger charge is -2.35. The van der Waals surface area contributed by atoms with Gasteiger partial charge in [-0.05, 0) is 31.1 Å². The van der Waals surface area contributed by atoms with Crippen LogP contribution in [0.4, 0.5) is 4.79 Å². The van der Waals surface area contributed by atoms with Gasteiger partial charge in [-0.2, -0.15) is 0 Å². The van der Waals surface area contributed by atoms with E-state index in [0.29, 0.717) is 24.7 Å². The molecule has 2 N–H and O–H groups in total. The molecule has 0 aromatic heterocycles. The van der Waals surface area contributed by atoms with E-state index in [-0.39, 0.29) is 24.4 Å². The Morgan fingerprint density at radius 3 is 2.58 bits per heavy atom. The molecule has 3 rings (SSSR count). The average Bonchev–Trinajstić information content (AvgIpc) is 2.77. The summed E-state index contributed by atoms with van der Waals surface area (Å²) in [7, 11) is 0. The van der Waals surface area contributed by atoms with Gasteiger partial charge < -0.3 is 10.6 Å². The number of rotatable bonds is 3. The molecule has 0 unspecified atom stereocenters. The molecule has 6 heteroatoms. The second kappa shape index (κ2) is 6.73. The summed E-state index contributed by atoms with van der Waals surface area (Å²) in [6, 6.07) is -0.271. The fraction of sp³-hybridized carbons (Fsp3) is 0.833. The third-order valence-corrected chi connectivity index (χ3v) is 6.31. The fourth-order valence-corrected chi connectivity index (χ4v) is 4.50. The second-order valence-electron chi connectivity index (χ2n) is 7.91. The molecule has 4 amide bonds.